The van der Waals surface area contributed by atoms with Crippen LogP contribution in [0.5, 0.6) is 0 Å². The summed E-state index contributed by atoms with van der Waals surface area (Å²) >= 11 is 0. The van der Waals surface area contributed by atoms with Crippen LogP contribution in [0.4, 0.5) is 0 Å². The number of rotatable bonds is 19. The van der Waals surface area contributed by atoms with Crippen molar-refractivity contribution in [3.63, 3.8) is 0 Å². The van der Waals surface area contributed by atoms with Crippen LogP contribution in [0, 0.1) is 0 Å². The molecule has 0 atom stereocenters. The second kappa shape index (κ2) is 16.8. The van der Waals surface area contributed by atoms with Gasteiger partial charge in [0.15, 0.2) is 0 Å². The van der Waals surface area contributed by atoms with Gasteiger partial charge in [0.25, 0.3) is 0 Å². The van der Waals surface area contributed by atoms with Crippen molar-refractivity contribution in [3.05, 3.63) is 0 Å². The molecule has 0 aliphatic heterocycles. The summed E-state index contributed by atoms with van der Waals surface area (Å²) in [6.07, 6.45) is 3.62. The van der Waals surface area contributed by atoms with Gasteiger partial charge in [0.05, 0.1) is 0 Å². The van der Waals surface area contributed by atoms with E-state index in [4.69, 9.17) is 26.6 Å². The molecule has 0 bridgehead atoms. The van der Waals surface area contributed by atoms with Crippen molar-refractivity contribution < 1.29 is 26.6 Å². The fourth-order valence-corrected chi connectivity index (χ4v) is 7.89. The Labute approximate surface area is 168 Å². The molecule has 0 aromatic heterocycles. The minimum atomic E-state index is -2.57. The van der Waals surface area contributed by atoms with Crippen LogP contribution in [0.3, 0.4) is 0 Å². The summed E-state index contributed by atoms with van der Waals surface area (Å²) < 4.78 is 35.1. The molecular weight excluding hydrogens is 382 g/mol. The zero-order valence-corrected chi connectivity index (χ0v) is 20.3. The highest BCUT2D eigenvalue weighted by Gasteiger charge is 2.40. The zero-order chi connectivity index (χ0) is 20.4. The monoisotopic (exact) mass is 423 g/mol. The third-order valence-electron chi connectivity index (χ3n) is 3.66. The molecule has 0 aliphatic rings. The van der Waals surface area contributed by atoms with Crippen molar-refractivity contribution in [2.45, 2.75) is 66.5 Å². The minimum Gasteiger partial charge on any atom is -0.374 e. The average molecular weight is 424 g/mol. The molecule has 0 aromatic rings. The van der Waals surface area contributed by atoms with Crippen LogP contribution in [0.25, 0.3) is 0 Å². The van der Waals surface area contributed by atoms with Crippen LogP contribution in [-0.4, -0.2) is 70.0 Å². The van der Waals surface area contributed by atoms with Crippen LogP contribution in [0.1, 0.15) is 54.4 Å². The molecule has 0 saturated heterocycles. The van der Waals surface area contributed by atoms with E-state index in [1.165, 1.54) is 0 Å². The highest BCUT2D eigenvalue weighted by Crippen LogP contribution is 2.19. The van der Waals surface area contributed by atoms with Crippen LogP contribution in [0.2, 0.25) is 12.1 Å². The van der Waals surface area contributed by atoms with E-state index in [0.717, 1.165) is 31.5 Å². The first-order valence-corrected chi connectivity index (χ1v) is 14.3. The topological polar surface area (TPSA) is 67.7 Å². The lowest BCUT2D eigenvalue weighted by Crippen LogP contribution is -2.46. The Morgan fingerprint density at radius 1 is 0.593 bits per heavy atom. The molecule has 0 rings (SSSR count). The highest BCUT2D eigenvalue weighted by atomic mass is 28.4. The summed E-state index contributed by atoms with van der Waals surface area (Å²) in [7, 11) is -5.12. The molecule has 9 heteroatoms. The molecule has 0 unspecified atom stereocenters. The lowest BCUT2D eigenvalue weighted by atomic mass is 10.5. The Hall–Kier alpha value is -0.136. The van der Waals surface area contributed by atoms with E-state index in [2.05, 4.69) is 4.99 Å². The quantitative estimate of drug-likeness (QED) is 0.178. The predicted molar refractivity (Wildman–Crippen MR) is 113 cm³/mol. The van der Waals surface area contributed by atoms with E-state index in [0.29, 0.717) is 39.6 Å². The van der Waals surface area contributed by atoms with Gasteiger partial charge in [-0.05, 0) is 60.6 Å². The molecule has 0 fully saturated rings. The Morgan fingerprint density at radius 3 is 1.33 bits per heavy atom. The molecule has 0 heterocycles. The summed E-state index contributed by atoms with van der Waals surface area (Å²) in [5.74, 6) is 0. The van der Waals surface area contributed by atoms with Gasteiger partial charge in [0, 0.05) is 58.3 Å². The Morgan fingerprint density at radius 2 is 0.963 bits per heavy atom. The zero-order valence-electron chi connectivity index (χ0n) is 18.3. The van der Waals surface area contributed by atoms with E-state index < -0.39 is 17.6 Å². The Kier molecular flexibility index (Phi) is 16.7. The third-order valence-corrected chi connectivity index (χ3v) is 9.90. The van der Waals surface area contributed by atoms with Crippen molar-refractivity contribution in [1.29, 1.82) is 0 Å². The largest absolute Gasteiger partial charge is 0.501 e. The maximum Gasteiger partial charge on any atom is 0.501 e. The van der Waals surface area contributed by atoms with Gasteiger partial charge in [0.2, 0.25) is 0 Å². The van der Waals surface area contributed by atoms with Gasteiger partial charge in [-0.3, -0.25) is 4.99 Å². The van der Waals surface area contributed by atoms with Gasteiger partial charge in [-0.25, -0.2) is 0 Å². The molecule has 27 heavy (non-hydrogen) atoms. The summed E-state index contributed by atoms with van der Waals surface area (Å²) in [6.45, 7) is 16.2. The normalized spacial score (nSPS) is 13.0. The van der Waals surface area contributed by atoms with Gasteiger partial charge < -0.3 is 26.6 Å². The van der Waals surface area contributed by atoms with Gasteiger partial charge in [-0.2, -0.15) is 0 Å². The first kappa shape index (κ1) is 26.9. The summed E-state index contributed by atoms with van der Waals surface area (Å²) in [6, 6.07) is 1.54. The molecule has 0 aromatic carbocycles. The van der Waals surface area contributed by atoms with Crippen LogP contribution in [0.15, 0.2) is 4.99 Å². The van der Waals surface area contributed by atoms with Gasteiger partial charge >= 0.3 is 17.6 Å². The van der Waals surface area contributed by atoms with E-state index in [9.17, 15) is 0 Å². The molecule has 0 saturated carbocycles. The van der Waals surface area contributed by atoms with E-state index >= 15 is 0 Å². The highest BCUT2D eigenvalue weighted by molar-refractivity contribution is 6.61. The maximum atomic E-state index is 5.86. The van der Waals surface area contributed by atoms with Crippen molar-refractivity contribution >= 4 is 23.8 Å². The average Bonchev–Trinajstić information content (AvgIpc) is 2.62. The first-order valence-electron chi connectivity index (χ1n) is 10.4. The number of aliphatic imine (C=N–C) groups is 1. The molecular formula is C18H41NO6Si2. The first-order chi connectivity index (χ1) is 13.1. The van der Waals surface area contributed by atoms with Gasteiger partial charge in [0.1, 0.15) is 0 Å². The molecule has 0 amide bonds. The Bertz CT molecular complexity index is 340. The second-order valence-corrected chi connectivity index (χ2v) is 11.2. The fourth-order valence-electron chi connectivity index (χ4n) is 2.81. The minimum absolute atomic E-state index is 0.600. The number of nitrogens with zero attached hydrogens (tertiary/aromatic N) is 1. The van der Waals surface area contributed by atoms with Crippen LogP contribution >= 0.6 is 0 Å². The van der Waals surface area contributed by atoms with Gasteiger partial charge in [-0.15, -0.1) is 0 Å². The van der Waals surface area contributed by atoms with E-state index in [-0.39, 0.29) is 0 Å². The lowest BCUT2D eigenvalue weighted by Gasteiger charge is -2.28. The summed E-state index contributed by atoms with van der Waals surface area (Å²) in [5, 5.41) is 0. The van der Waals surface area contributed by atoms with E-state index in [1.54, 1.807) is 0 Å². The summed E-state index contributed by atoms with van der Waals surface area (Å²) in [4.78, 5) is 4.52. The molecule has 0 spiro atoms. The number of hydrogen-bond acceptors (Lipinski definition) is 7. The molecule has 7 nitrogen and oxygen atoms in total. The number of hydrogen-bond donors (Lipinski definition) is 0. The van der Waals surface area contributed by atoms with Crippen LogP contribution in [-0.2, 0) is 26.6 Å². The maximum absolute atomic E-state index is 5.86. The van der Waals surface area contributed by atoms with Crippen LogP contribution < -0.4 is 0 Å². The SMILES string of the molecule is CCO[Si](CC/C=N/CCC[Si](OCC)(OCC)OCC)(OCC)OCC. The molecule has 0 N–H and O–H groups in total. The smallest absolute Gasteiger partial charge is 0.374 e. The predicted octanol–water partition coefficient (Wildman–Crippen LogP) is 3.93. The Balaban J connectivity index is 4.43. The molecule has 162 valence electrons. The van der Waals surface area contributed by atoms with E-state index in [1.807, 2.05) is 47.8 Å². The fraction of sp³-hybridized carbons (Fsp3) is 0.944. The third kappa shape index (κ3) is 11.5. The second-order valence-electron chi connectivity index (χ2n) is 5.70. The lowest BCUT2D eigenvalue weighted by molar-refractivity contribution is 0.0706. The van der Waals surface area contributed by atoms with Crippen molar-refractivity contribution in [3.8, 4) is 0 Å². The molecule has 0 radical (unpaired) electrons. The van der Waals surface area contributed by atoms with Crippen molar-refractivity contribution in [2.24, 2.45) is 4.99 Å². The van der Waals surface area contributed by atoms with Crippen molar-refractivity contribution in [2.75, 3.05) is 46.2 Å². The van der Waals surface area contributed by atoms with Gasteiger partial charge in [-0.1, -0.05) is 0 Å². The molecule has 0 aliphatic carbocycles. The van der Waals surface area contributed by atoms with Crippen molar-refractivity contribution in [1.82, 2.24) is 0 Å². The summed E-state index contributed by atoms with van der Waals surface area (Å²) in [5.41, 5.74) is 0. The standard InChI is InChI=1S/C18H41NO6Si2/c1-7-20-26(21-8-2,22-9-3)17-13-15-19-16-14-18-27(23-10-4,24-11-5)25-12-6/h15H,7-14,16-18H2,1-6H3/b19-15+.